The molecule has 30 heavy (non-hydrogen) atoms. The highest BCUT2D eigenvalue weighted by Gasteiger charge is 2.21. The summed E-state index contributed by atoms with van der Waals surface area (Å²) in [6.45, 7) is 1.40. The van der Waals surface area contributed by atoms with Gasteiger partial charge in [-0.2, -0.15) is 11.8 Å². The summed E-state index contributed by atoms with van der Waals surface area (Å²) in [6.07, 6.45) is 1.02. The van der Waals surface area contributed by atoms with Crippen molar-refractivity contribution in [2.24, 2.45) is 0 Å². The molecule has 0 heterocycles. The van der Waals surface area contributed by atoms with Crippen molar-refractivity contribution in [3.05, 3.63) is 63.6 Å². The number of carbonyl (C=O) groups excluding carboxylic acids is 2. The molecule has 0 aromatic heterocycles. The lowest BCUT2D eigenvalue weighted by atomic mass is 10.1. The van der Waals surface area contributed by atoms with Crippen molar-refractivity contribution in [3.8, 4) is 0 Å². The van der Waals surface area contributed by atoms with Crippen LogP contribution in [-0.2, 0) is 20.6 Å². The Morgan fingerprint density at radius 2 is 1.87 bits per heavy atom. The van der Waals surface area contributed by atoms with Gasteiger partial charge in [0.1, 0.15) is 6.54 Å². The summed E-state index contributed by atoms with van der Waals surface area (Å²) in [5, 5.41) is 3.88. The quantitative estimate of drug-likeness (QED) is 0.403. The standard InChI is InChI=1S/C20H22Cl2N2O4S2/c1-14(25)15-4-3-5-18(10-15)24(30(2,27)28)12-20(26)23-8-9-29-13-16-6-7-17(21)11-19(16)22/h3-7,10-11H,8-9,12-13H2,1-2H3,(H,23,26). The SMILES string of the molecule is CC(=O)c1cccc(N(CC(=O)NCCSCc2ccc(Cl)cc2Cl)S(C)(=O)=O)c1. The summed E-state index contributed by atoms with van der Waals surface area (Å²) < 4.78 is 25.3. The number of hydrogen-bond donors (Lipinski definition) is 1. The number of halogens is 2. The van der Waals surface area contributed by atoms with Crippen molar-refractivity contribution in [3.63, 3.8) is 0 Å². The van der Waals surface area contributed by atoms with Crippen LogP contribution in [0.2, 0.25) is 10.0 Å². The Kier molecular flexibility index (Phi) is 9.03. The smallest absolute Gasteiger partial charge is 0.240 e. The second-order valence-corrected chi connectivity index (χ2v) is 10.4. The van der Waals surface area contributed by atoms with Gasteiger partial charge >= 0.3 is 0 Å². The summed E-state index contributed by atoms with van der Waals surface area (Å²) >= 11 is 13.6. The topological polar surface area (TPSA) is 83.6 Å². The van der Waals surface area contributed by atoms with Crippen LogP contribution in [0, 0.1) is 0 Å². The lowest BCUT2D eigenvalue weighted by Crippen LogP contribution is -2.41. The molecule has 0 atom stereocenters. The molecule has 2 rings (SSSR count). The van der Waals surface area contributed by atoms with Crippen molar-refractivity contribution in [2.45, 2.75) is 12.7 Å². The lowest BCUT2D eigenvalue weighted by molar-refractivity contribution is -0.119. The van der Waals surface area contributed by atoms with Crippen molar-refractivity contribution in [1.82, 2.24) is 5.32 Å². The number of nitrogens with zero attached hydrogens (tertiary/aromatic N) is 1. The number of rotatable bonds is 10. The molecule has 0 fully saturated rings. The Labute approximate surface area is 191 Å². The summed E-state index contributed by atoms with van der Waals surface area (Å²) in [5.41, 5.74) is 1.59. The highest BCUT2D eigenvalue weighted by molar-refractivity contribution is 7.98. The van der Waals surface area contributed by atoms with E-state index in [1.807, 2.05) is 6.07 Å². The van der Waals surface area contributed by atoms with Crippen molar-refractivity contribution in [2.75, 3.05) is 29.4 Å². The second-order valence-electron chi connectivity index (χ2n) is 6.51. The number of amides is 1. The number of anilines is 1. The molecule has 6 nitrogen and oxygen atoms in total. The first-order valence-corrected chi connectivity index (χ1v) is 12.7. The molecule has 0 radical (unpaired) electrons. The maximum Gasteiger partial charge on any atom is 0.240 e. The van der Waals surface area contributed by atoms with Gasteiger partial charge in [0.15, 0.2) is 5.78 Å². The molecule has 162 valence electrons. The second kappa shape index (κ2) is 11.0. The van der Waals surface area contributed by atoms with E-state index >= 15 is 0 Å². The Morgan fingerprint density at radius 3 is 2.50 bits per heavy atom. The number of hydrogen-bond acceptors (Lipinski definition) is 5. The van der Waals surface area contributed by atoms with Gasteiger partial charge in [-0.05, 0) is 36.8 Å². The molecule has 0 unspecified atom stereocenters. The molecule has 1 N–H and O–H groups in total. The number of sulfonamides is 1. The summed E-state index contributed by atoms with van der Waals surface area (Å²) in [6, 6.07) is 11.5. The fraction of sp³-hybridized carbons (Fsp3) is 0.300. The summed E-state index contributed by atoms with van der Waals surface area (Å²) in [7, 11) is -3.70. The molecule has 0 saturated heterocycles. The van der Waals surface area contributed by atoms with E-state index < -0.39 is 15.9 Å². The van der Waals surface area contributed by atoms with E-state index in [1.165, 1.54) is 13.0 Å². The van der Waals surface area contributed by atoms with Crippen LogP contribution in [-0.4, -0.2) is 45.2 Å². The van der Waals surface area contributed by atoms with Crippen LogP contribution >= 0.6 is 35.0 Å². The number of Topliss-reactive ketones (excluding diaryl/α,β-unsaturated/α-hetero) is 1. The van der Waals surface area contributed by atoms with E-state index in [2.05, 4.69) is 5.32 Å². The molecule has 0 saturated carbocycles. The molecular formula is C20H22Cl2N2O4S2. The van der Waals surface area contributed by atoms with Crippen molar-refractivity contribution >= 4 is 62.4 Å². The van der Waals surface area contributed by atoms with Gasteiger partial charge in [0, 0.05) is 33.7 Å². The molecule has 0 aliphatic carbocycles. The van der Waals surface area contributed by atoms with E-state index in [0.29, 0.717) is 33.7 Å². The van der Waals surface area contributed by atoms with Gasteiger partial charge in [-0.1, -0.05) is 41.4 Å². The molecule has 0 bridgehead atoms. The molecule has 2 aromatic carbocycles. The van der Waals surface area contributed by atoms with Crippen LogP contribution in [0.3, 0.4) is 0 Å². The van der Waals surface area contributed by atoms with E-state index in [0.717, 1.165) is 16.1 Å². The van der Waals surface area contributed by atoms with Gasteiger partial charge < -0.3 is 5.32 Å². The Hall–Kier alpha value is -1.74. The number of nitrogens with one attached hydrogen (secondary N) is 1. The van der Waals surface area contributed by atoms with Crippen molar-refractivity contribution < 1.29 is 18.0 Å². The highest BCUT2D eigenvalue weighted by Crippen LogP contribution is 2.24. The predicted molar refractivity (Wildman–Crippen MR) is 124 cm³/mol. The highest BCUT2D eigenvalue weighted by atomic mass is 35.5. The summed E-state index contributed by atoms with van der Waals surface area (Å²) in [5.74, 6) is 0.675. The zero-order chi connectivity index (χ0) is 22.3. The van der Waals surface area contributed by atoms with E-state index in [-0.39, 0.29) is 18.0 Å². The monoisotopic (exact) mass is 488 g/mol. The van der Waals surface area contributed by atoms with Gasteiger partial charge in [0.2, 0.25) is 15.9 Å². The molecular weight excluding hydrogens is 467 g/mol. The minimum absolute atomic E-state index is 0.187. The minimum Gasteiger partial charge on any atom is -0.354 e. The largest absolute Gasteiger partial charge is 0.354 e. The van der Waals surface area contributed by atoms with Crippen LogP contribution in [0.25, 0.3) is 0 Å². The van der Waals surface area contributed by atoms with Crippen LogP contribution < -0.4 is 9.62 Å². The van der Waals surface area contributed by atoms with Gasteiger partial charge in [-0.3, -0.25) is 13.9 Å². The van der Waals surface area contributed by atoms with Crippen molar-refractivity contribution in [1.29, 1.82) is 0 Å². The molecule has 10 heteroatoms. The van der Waals surface area contributed by atoms with Crippen LogP contribution in [0.5, 0.6) is 0 Å². The predicted octanol–water partition coefficient (Wildman–Crippen LogP) is 4.01. The van der Waals surface area contributed by atoms with Gasteiger partial charge in [0.05, 0.1) is 11.9 Å². The third kappa shape index (κ3) is 7.50. The Balaban J connectivity index is 1.89. The number of carbonyl (C=O) groups is 2. The normalized spacial score (nSPS) is 11.2. The Bertz CT molecular complexity index is 1030. The van der Waals surface area contributed by atoms with Gasteiger partial charge in [-0.15, -0.1) is 0 Å². The number of ketones is 1. The number of benzene rings is 2. The third-order valence-electron chi connectivity index (χ3n) is 4.07. The summed E-state index contributed by atoms with van der Waals surface area (Å²) in [4.78, 5) is 23.9. The van der Waals surface area contributed by atoms with E-state index in [1.54, 1.807) is 42.1 Å². The van der Waals surface area contributed by atoms with Crippen LogP contribution in [0.4, 0.5) is 5.69 Å². The fourth-order valence-corrected chi connectivity index (χ4v) is 4.82. The van der Waals surface area contributed by atoms with Crippen LogP contribution in [0.1, 0.15) is 22.8 Å². The molecule has 2 aromatic rings. The average Bonchev–Trinajstić information content (AvgIpc) is 2.66. The minimum atomic E-state index is -3.70. The maximum atomic E-state index is 12.3. The fourth-order valence-electron chi connectivity index (χ4n) is 2.55. The zero-order valence-corrected chi connectivity index (χ0v) is 19.7. The molecule has 0 aliphatic heterocycles. The molecule has 1 amide bonds. The first-order chi connectivity index (χ1) is 14.1. The first kappa shape index (κ1) is 24.5. The van der Waals surface area contributed by atoms with E-state index in [9.17, 15) is 18.0 Å². The van der Waals surface area contributed by atoms with E-state index in [4.69, 9.17) is 23.2 Å². The lowest BCUT2D eigenvalue weighted by Gasteiger charge is -2.22. The van der Waals surface area contributed by atoms with Gasteiger partial charge in [-0.25, -0.2) is 8.42 Å². The Morgan fingerprint density at radius 1 is 1.13 bits per heavy atom. The van der Waals surface area contributed by atoms with Crippen LogP contribution in [0.15, 0.2) is 42.5 Å². The third-order valence-corrected chi connectivity index (χ3v) is 6.80. The average molecular weight is 489 g/mol. The van der Waals surface area contributed by atoms with Gasteiger partial charge in [0.25, 0.3) is 0 Å². The zero-order valence-electron chi connectivity index (χ0n) is 16.5. The first-order valence-electron chi connectivity index (χ1n) is 8.95. The molecule has 0 spiro atoms. The number of thioether (sulfide) groups is 1. The maximum absolute atomic E-state index is 12.3. The molecule has 0 aliphatic rings.